The van der Waals surface area contributed by atoms with Crippen LogP contribution in [0, 0.1) is 13.8 Å². The molecule has 0 saturated heterocycles. The van der Waals surface area contributed by atoms with E-state index in [1.165, 1.54) is 11.8 Å². The van der Waals surface area contributed by atoms with Gasteiger partial charge in [0.15, 0.2) is 5.16 Å². The largest absolute Gasteiger partial charge is 0.394 e. The Hall–Kier alpha value is -0.650. The van der Waals surface area contributed by atoms with Crippen LogP contribution in [0.1, 0.15) is 18.3 Å². The summed E-state index contributed by atoms with van der Waals surface area (Å²) in [4.78, 5) is 8.57. The minimum absolute atomic E-state index is 0.0369. The van der Waals surface area contributed by atoms with Gasteiger partial charge in [0.25, 0.3) is 0 Å². The van der Waals surface area contributed by atoms with E-state index in [9.17, 15) is 0 Å². The van der Waals surface area contributed by atoms with E-state index < -0.39 is 5.54 Å². The molecular formula is C10H17N3OS. The molecule has 1 atom stereocenters. The van der Waals surface area contributed by atoms with Gasteiger partial charge in [-0.05, 0) is 26.8 Å². The first-order valence-corrected chi connectivity index (χ1v) is 5.76. The molecule has 0 aliphatic rings. The monoisotopic (exact) mass is 227 g/mol. The summed E-state index contributed by atoms with van der Waals surface area (Å²) in [5, 5.41) is 9.72. The van der Waals surface area contributed by atoms with E-state index in [0.717, 1.165) is 16.5 Å². The highest BCUT2D eigenvalue weighted by molar-refractivity contribution is 7.99. The van der Waals surface area contributed by atoms with Gasteiger partial charge in [0.05, 0.1) is 6.61 Å². The third-order valence-electron chi connectivity index (χ3n) is 1.85. The Morgan fingerprint density at radius 2 is 1.93 bits per heavy atom. The summed E-state index contributed by atoms with van der Waals surface area (Å²) in [5.74, 6) is 0.604. The summed E-state index contributed by atoms with van der Waals surface area (Å²) < 4.78 is 0. The molecule has 15 heavy (non-hydrogen) atoms. The minimum atomic E-state index is -0.578. The zero-order valence-electron chi connectivity index (χ0n) is 9.32. The van der Waals surface area contributed by atoms with Crippen molar-refractivity contribution in [1.82, 2.24) is 9.97 Å². The molecule has 0 bridgehead atoms. The van der Waals surface area contributed by atoms with Gasteiger partial charge >= 0.3 is 0 Å². The molecule has 0 spiro atoms. The van der Waals surface area contributed by atoms with Gasteiger partial charge in [-0.15, -0.1) is 0 Å². The molecule has 1 unspecified atom stereocenters. The maximum atomic E-state index is 9.00. The fourth-order valence-corrected chi connectivity index (χ4v) is 2.00. The van der Waals surface area contributed by atoms with Crippen molar-refractivity contribution in [1.29, 1.82) is 0 Å². The van der Waals surface area contributed by atoms with Crippen LogP contribution < -0.4 is 5.73 Å². The van der Waals surface area contributed by atoms with Crippen LogP contribution >= 0.6 is 11.8 Å². The minimum Gasteiger partial charge on any atom is -0.394 e. The normalized spacial score (nSPS) is 15.0. The van der Waals surface area contributed by atoms with Crippen LogP contribution in [0.4, 0.5) is 0 Å². The van der Waals surface area contributed by atoms with Crippen LogP contribution in [-0.2, 0) is 0 Å². The number of aryl methyl sites for hydroxylation is 2. The predicted octanol–water partition coefficient (Wildman–Crippen LogP) is 0.895. The van der Waals surface area contributed by atoms with Crippen molar-refractivity contribution in [2.45, 2.75) is 31.5 Å². The summed E-state index contributed by atoms with van der Waals surface area (Å²) in [6, 6.07) is 1.93. The Morgan fingerprint density at radius 3 is 2.40 bits per heavy atom. The van der Waals surface area contributed by atoms with Crippen molar-refractivity contribution >= 4 is 11.8 Å². The lowest BCUT2D eigenvalue weighted by atomic mass is 10.1. The van der Waals surface area contributed by atoms with Gasteiger partial charge < -0.3 is 10.8 Å². The molecule has 1 aromatic rings. The molecule has 0 aliphatic carbocycles. The highest BCUT2D eigenvalue weighted by atomic mass is 32.2. The number of aliphatic hydroxyl groups excluding tert-OH is 1. The van der Waals surface area contributed by atoms with Gasteiger partial charge in [0.2, 0.25) is 0 Å². The van der Waals surface area contributed by atoms with Gasteiger partial charge in [0, 0.05) is 22.7 Å². The number of aliphatic hydroxyl groups is 1. The second-order valence-electron chi connectivity index (χ2n) is 4.03. The molecule has 84 valence electrons. The first-order valence-electron chi connectivity index (χ1n) is 4.78. The summed E-state index contributed by atoms with van der Waals surface area (Å²) >= 11 is 1.47. The van der Waals surface area contributed by atoms with Gasteiger partial charge in [-0.3, -0.25) is 0 Å². The van der Waals surface area contributed by atoms with Crippen molar-refractivity contribution in [3.05, 3.63) is 17.5 Å². The number of aromatic nitrogens is 2. The van der Waals surface area contributed by atoms with E-state index in [-0.39, 0.29) is 6.61 Å². The van der Waals surface area contributed by atoms with Crippen LogP contribution in [0.15, 0.2) is 11.2 Å². The first kappa shape index (κ1) is 12.4. The third-order valence-corrected chi connectivity index (χ3v) is 3.10. The average Bonchev–Trinajstić information content (AvgIpc) is 2.14. The molecule has 0 saturated carbocycles. The third kappa shape index (κ3) is 4.15. The fourth-order valence-electron chi connectivity index (χ4n) is 1.03. The van der Waals surface area contributed by atoms with Crippen molar-refractivity contribution < 1.29 is 5.11 Å². The number of hydrogen-bond acceptors (Lipinski definition) is 5. The van der Waals surface area contributed by atoms with Crippen LogP contribution in [0.3, 0.4) is 0 Å². The van der Waals surface area contributed by atoms with E-state index in [1.54, 1.807) is 0 Å². The quantitative estimate of drug-likeness (QED) is 0.590. The number of nitrogens with two attached hydrogens (primary N) is 1. The van der Waals surface area contributed by atoms with E-state index in [1.807, 2.05) is 26.8 Å². The van der Waals surface area contributed by atoms with E-state index >= 15 is 0 Å². The Morgan fingerprint density at radius 1 is 1.40 bits per heavy atom. The van der Waals surface area contributed by atoms with Crippen LogP contribution in [0.2, 0.25) is 0 Å². The number of rotatable bonds is 4. The van der Waals surface area contributed by atoms with Crippen molar-refractivity contribution in [2.24, 2.45) is 5.73 Å². The fraction of sp³-hybridized carbons (Fsp3) is 0.600. The Bertz CT molecular complexity index is 321. The first-order chi connectivity index (χ1) is 6.93. The second-order valence-corrected chi connectivity index (χ2v) is 4.98. The second kappa shape index (κ2) is 4.92. The molecule has 0 aliphatic heterocycles. The van der Waals surface area contributed by atoms with Gasteiger partial charge in [-0.1, -0.05) is 11.8 Å². The molecule has 0 fully saturated rings. The lowest BCUT2D eigenvalue weighted by molar-refractivity contribution is 0.224. The molecule has 0 amide bonds. The summed E-state index contributed by atoms with van der Waals surface area (Å²) in [5.41, 5.74) is 7.14. The standard InChI is InChI=1S/C10H17N3OS/c1-7-4-8(2)13-9(12-7)15-6-10(3,11)5-14/h4,14H,5-6,11H2,1-3H3. The number of nitrogens with zero attached hydrogens (tertiary/aromatic N) is 2. The lowest BCUT2D eigenvalue weighted by Gasteiger charge is -2.20. The summed E-state index contributed by atoms with van der Waals surface area (Å²) in [6.07, 6.45) is 0. The molecule has 1 aromatic heterocycles. The van der Waals surface area contributed by atoms with Crippen LogP contribution in [0.25, 0.3) is 0 Å². The average molecular weight is 227 g/mol. The summed E-state index contributed by atoms with van der Waals surface area (Å²) in [7, 11) is 0. The van der Waals surface area contributed by atoms with E-state index in [2.05, 4.69) is 9.97 Å². The zero-order chi connectivity index (χ0) is 11.5. The van der Waals surface area contributed by atoms with Crippen molar-refractivity contribution in [3.63, 3.8) is 0 Å². The molecule has 5 heteroatoms. The van der Waals surface area contributed by atoms with Gasteiger partial charge in [-0.25, -0.2) is 9.97 Å². The zero-order valence-corrected chi connectivity index (χ0v) is 10.1. The van der Waals surface area contributed by atoms with Gasteiger partial charge in [0.1, 0.15) is 0 Å². The van der Waals surface area contributed by atoms with E-state index in [0.29, 0.717) is 5.75 Å². The highest BCUT2D eigenvalue weighted by Gasteiger charge is 2.18. The van der Waals surface area contributed by atoms with Crippen LogP contribution in [-0.4, -0.2) is 33.0 Å². The Balaban J connectivity index is 2.65. The van der Waals surface area contributed by atoms with Gasteiger partial charge in [-0.2, -0.15) is 0 Å². The Kier molecular flexibility index (Phi) is 4.07. The molecular weight excluding hydrogens is 210 g/mol. The molecule has 3 N–H and O–H groups in total. The molecule has 0 aromatic carbocycles. The van der Waals surface area contributed by atoms with E-state index in [4.69, 9.17) is 10.8 Å². The molecule has 0 radical (unpaired) electrons. The molecule has 1 rings (SSSR count). The summed E-state index contributed by atoms with van der Waals surface area (Å²) in [6.45, 7) is 5.65. The lowest BCUT2D eigenvalue weighted by Crippen LogP contribution is -2.42. The molecule has 4 nitrogen and oxygen atoms in total. The topological polar surface area (TPSA) is 72.0 Å². The maximum Gasteiger partial charge on any atom is 0.188 e. The molecule has 1 heterocycles. The SMILES string of the molecule is Cc1cc(C)nc(SCC(C)(N)CO)n1. The predicted molar refractivity (Wildman–Crippen MR) is 61.9 cm³/mol. The van der Waals surface area contributed by atoms with Crippen molar-refractivity contribution in [3.8, 4) is 0 Å². The van der Waals surface area contributed by atoms with Crippen molar-refractivity contribution in [2.75, 3.05) is 12.4 Å². The smallest absolute Gasteiger partial charge is 0.188 e. The highest BCUT2D eigenvalue weighted by Crippen LogP contribution is 2.18. The number of thioether (sulfide) groups is 1. The Labute approximate surface area is 94.3 Å². The van der Waals surface area contributed by atoms with Crippen LogP contribution in [0.5, 0.6) is 0 Å². The maximum absolute atomic E-state index is 9.00. The number of hydrogen-bond donors (Lipinski definition) is 2.